The molecule has 9 heteroatoms. The average molecular weight is 629 g/mol. The lowest BCUT2D eigenvalue weighted by atomic mass is 9.92. The number of benzene rings is 2. The maximum absolute atomic E-state index is 12.6. The fourth-order valence-electron chi connectivity index (χ4n) is 4.06. The van der Waals surface area contributed by atoms with Crippen LogP contribution in [0.25, 0.3) is 27.6 Å². The molecule has 2 aliphatic rings. The number of hydroxylamine groups is 1. The second kappa shape index (κ2) is 9.77. The molecule has 0 unspecified atom stereocenters. The van der Waals surface area contributed by atoms with Crippen molar-refractivity contribution in [3.63, 3.8) is 0 Å². The molecule has 5 rings (SSSR count). The fourth-order valence-corrected chi connectivity index (χ4v) is 6.28. The molecule has 0 radical (unpaired) electrons. The van der Waals surface area contributed by atoms with E-state index in [4.69, 9.17) is 0 Å². The molecule has 1 aliphatic carbocycles. The topological polar surface area (TPSA) is 102 Å². The van der Waals surface area contributed by atoms with Crippen LogP contribution in [0.15, 0.2) is 73.1 Å². The Morgan fingerprint density at radius 1 is 1.11 bits per heavy atom. The van der Waals surface area contributed by atoms with E-state index in [1.165, 1.54) is 6.26 Å². The summed E-state index contributed by atoms with van der Waals surface area (Å²) in [6.45, 7) is 3.42. The van der Waals surface area contributed by atoms with Gasteiger partial charge >= 0.3 is 0 Å². The summed E-state index contributed by atoms with van der Waals surface area (Å²) < 4.78 is 25.5. The van der Waals surface area contributed by atoms with Gasteiger partial charge in [0.15, 0.2) is 9.84 Å². The van der Waals surface area contributed by atoms with E-state index in [0.717, 1.165) is 43.7 Å². The maximum atomic E-state index is 12.6. The Morgan fingerprint density at radius 3 is 2.59 bits per heavy atom. The van der Waals surface area contributed by atoms with Gasteiger partial charge in [0.1, 0.15) is 0 Å². The van der Waals surface area contributed by atoms with Crippen LogP contribution in [0.5, 0.6) is 0 Å². The molecule has 1 fully saturated rings. The van der Waals surface area contributed by atoms with Crippen molar-refractivity contribution in [1.82, 2.24) is 13.6 Å². The standard InChI is InChI=1S/C28H27IN3O4S/c1-28(2,37(3,35)36)22-15-20-8-5-13-30-26(20)24(16-22)19-7-4-6-18(14-19)21-9-12-25(29-32(34)17-21)27(33)31-23-10-11-23/h4-9,12-17,23H,10-11H2,1-3H3,(H,31,33)/q-1. The first-order valence-corrected chi connectivity index (χ1v) is 15.9. The largest absolute Gasteiger partial charge is 0.750 e. The van der Waals surface area contributed by atoms with E-state index in [1.807, 2.05) is 54.6 Å². The molecular weight excluding hydrogens is 601 g/mol. The number of sulfone groups is 1. The molecule has 7 nitrogen and oxygen atoms in total. The predicted octanol–water partition coefficient (Wildman–Crippen LogP) is 5.23. The molecule has 2 aromatic carbocycles. The number of hydrogen-bond donors (Lipinski definition) is 1. The number of hydrogen-bond acceptors (Lipinski definition) is 6. The summed E-state index contributed by atoms with van der Waals surface area (Å²) in [5.74, 6) is -0.154. The molecule has 0 spiro atoms. The van der Waals surface area contributed by atoms with Crippen molar-refractivity contribution in [2.24, 2.45) is 0 Å². The van der Waals surface area contributed by atoms with Gasteiger partial charge < -0.3 is 13.8 Å². The van der Waals surface area contributed by atoms with Crippen LogP contribution in [0.3, 0.4) is 0 Å². The van der Waals surface area contributed by atoms with E-state index in [0.29, 0.717) is 14.6 Å². The minimum Gasteiger partial charge on any atom is -0.750 e. The van der Waals surface area contributed by atoms with Gasteiger partial charge in [-0.2, -0.15) is 0 Å². The number of carbonyl (C=O) groups is 1. The summed E-state index contributed by atoms with van der Waals surface area (Å²) in [7, 11) is -3.39. The van der Waals surface area contributed by atoms with Gasteiger partial charge in [0.2, 0.25) is 0 Å². The average Bonchev–Trinajstić information content (AvgIpc) is 3.69. The van der Waals surface area contributed by atoms with Gasteiger partial charge in [-0.15, -0.1) is 0 Å². The third kappa shape index (κ3) is 5.39. The summed E-state index contributed by atoms with van der Waals surface area (Å²) in [6, 6.07) is 15.5. The van der Waals surface area contributed by atoms with Crippen LogP contribution in [0.4, 0.5) is 0 Å². The molecule has 2 heterocycles. The quantitative estimate of drug-likeness (QED) is 0.297. The first-order valence-electron chi connectivity index (χ1n) is 11.9. The van der Waals surface area contributed by atoms with E-state index < -0.39 is 35.6 Å². The first kappa shape index (κ1) is 25.7. The fraction of sp³-hybridized carbons (Fsp3) is 0.250. The highest BCUT2D eigenvalue weighted by molar-refractivity contribution is 14.2. The van der Waals surface area contributed by atoms with Crippen molar-refractivity contribution >= 4 is 56.7 Å². The molecule has 1 aliphatic heterocycles. The lowest BCUT2D eigenvalue weighted by molar-refractivity contribution is -0.114. The van der Waals surface area contributed by atoms with Crippen molar-refractivity contribution in [1.29, 1.82) is 0 Å². The number of aromatic nitrogens is 1. The Balaban J connectivity index is 1.56. The first-order chi connectivity index (χ1) is 17.5. The van der Waals surface area contributed by atoms with Crippen molar-refractivity contribution in [3.05, 3.63) is 89.4 Å². The molecule has 1 amide bonds. The summed E-state index contributed by atoms with van der Waals surface area (Å²) in [6.07, 6.45) is 10.1. The zero-order valence-corrected chi connectivity index (χ0v) is 23.7. The van der Waals surface area contributed by atoms with Crippen LogP contribution in [0.1, 0.15) is 37.8 Å². The molecule has 0 atom stereocenters. The van der Waals surface area contributed by atoms with Crippen LogP contribution in [-0.4, -0.2) is 38.4 Å². The Kier molecular flexibility index (Phi) is 6.80. The maximum Gasteiger partial charge on any atom is 0.258 e. The van der Waals surface area contributed by atoms with Gasteiger partial charge in [-0.05, 0) is 79.3 Å². The number of fused-ring (bicyclic) bond motifs is 1. The van der Waals surface area contributed by atoms with Gasteiger partial charge in [-0.1, -0.05) is 30.3 Å². The van der Waals surface area contributed by atoms with Crippen molar-refractivity contribution < 1.29 is 13.2 Å². The lowest BCUT2D eigenvalue weighted by Crippen LogP contribution is -2.31. The van der Waals surface area contributed by atoms with Crippen LogP contribution in [0.2, 0.25) is 0 Å². The number of amides is 1. The highest BCUT2D eigenvalue weighted by Crippen LogP contribution is 2.37. The molecule has 1 aromatic heterocycles. The van der Waals surface area contributed by atoms with Crippen molar-refractivity contribution in [2.75, 3.05) is 6.26 Å². The number of rotatable bonds is 6. The summed E-state index contributed by atoms with van der Waals surface area (Å²) >= 11 is -1.16. The minimum absolute atomic E-state index is 0.154. The number of carbonyl (C=O) groups excluding carboxylic acids is 1. The van der Waals surface area contributed by atoms with E-state index in [9.17, 15) is 18.4 Å². The molecule has 1 saturated carbocycles. The Labute approximate surface area is 226 Å². The summed E-state index contributed by atoms with van der Waals surface area (Å²) in [5, 5.41) is 16.5. The Hall–Kier alpha value is -2.89. The van der Waals surface area contributed by atoms with Crippen LogP contribution in [-0.2, 0) is 19.4 Å². The van der Waals surface area contributed by atoms with Crippen LogP contribution < -0.4 is 5.32 Å². The molecule has 37 heavy (non-hydrogen) atoms. The Bertz CT molecular complexity index is 1600. The number of nitrogens with one attached hydrogen (secondary N) is 1. The lowest BCUT2D eigenvalue weighted by Gasteiger charge is -2.24. The molecule has 192 valence electrons. The normalized spacial score (nSPS) is 16.5. The smallest absolute Gasteiger partial charge is 0.258 e. The molecular formula is C28H27IN3O4S-. The van der Waals surface area contributed by atoms with Gasteiger partial charge in [-0.3, -0.25) is 9.78 Å². The number of pyridine rings is 1. The van der Waals surface area contributed by atoms with Gasteiger partial charge in [0, 0.05) is 56.6 Å². The summed E-state index contributed by atoms with van der Waals surface area (Å²) in [4.78, 5) is 17.1. The van der Waals surface area contributed by atoms with Gasteiger partial charge in [0.05, 0.1) is 13.8 Å². The van der Waals surface area contributed by atoms with Crippen molar-refractivity contribution in [2.45, 2.75) is 37.5 Å². The second-order valence-electron chi connectivity index (χ2n) is 9.83. The van der Waals surface area contributed by atoms with Crippen LogP contribution in [0, 0.1) is 5.21 Å². The third-order valence-electron chi connectivity index (χ3n) is 6.79. The number of allylic oxidation sites excluding steroid dienone is 2. The molecule has 0 bridgehead atoms. The highest BCUT2D eigenvalue weighted by Gasteiger charge is 2.33. The van der Waals surface area contributed by atoms with Gasteiger partial charge in [0.25, 0.3) is 5.91 Å². The number of halogens is 1. The molecule has 1 N–H and O–H groups in total. The van der Waals surface area contributed by atoms with E-state index in [1.54, 1.807) is 32.3 Å². The summed E-state index contributed by atoms with van der Waals surface area (Å²) in [5.41, 5.74) is 4.64. The van der Waals surface area contributed by atoms with E-state index in [-0.39, 0.29) is 11.9 Å². The van der Waals surface area contributed by atoms with Crippen molar-refractivity contribution in [3.8, 4) is 11.1 Å². The minimum atomic E-state index is -3.39. The highest BCUT2D eigenvalue weighted by atomic mass is 127. The van der Waals surface area contributed by atoms with Crippen LogP contribution >= 0.6 is 21.0 Å². The predicted molar refractivity (Wildman–Crippen MR) is 158 cm³/mol. The third-order valence-corrected chi connectivity index (χ3v) is 11.0. The van der Waals surface area contributed by atoms with E-state index in [2.05, 4.69) is 10.3 Å². The zero-order chi connectivity index (χ0) is 26.4. The number of nitrogens with zero attached hydrogens (tertiary/aromatic N) is 2. The Morgan fingerprint density at radius 2 is 1.86 bits per heavy atom. The second-order valence-corrected chi connectivity index (χ2v) is 15.0. The zero-order valence-electron chi connectivity index (χ0n) is 20.7. The molecule has 3 aromatic rings. The molecule has 0 saturated heterocycles. The van der Waals surface area contributed by atoms with Gasteiger partial charge in [-0.25, -0.2) is 8.42 Å². The van der Waals surface area contributed by atoms with E-state index >= 15 is 0 Å². The SMILES string of the molecule is CC(C)(c1cc(-c2cccc(C3=CN([O-])I=C(C(=O)NC4CC4)C=C3)c2)c2ncccc2c1)S(C)(=O)=O. The monoisotopic (exact) mass is 628 g/mol.